The largest absolute Gasteiger partial charge is 0.642 e. The molecule has 4 nitrogen and oxygen atoms in total. The first-order chi connectivity index (χ1) is 24.8. The molecule has 2 heterocycles. The molecule has 0 saturated carbocycles. The second kappa shape index (κ2) is 10.2. The first-order valence-corrected chi connectivity index (χ1v) is 17.1. The lowest BCUT2D eigenvalue weighted by Crippen LogP contribution is -2.25. The van der Waals surface area contributed by atoms with Crippen molar-refractivity contribution in [3.63, 3.8) is 0 Å². The third kappa shape index (κ3) is 3.60. The minimum absolute atomic E-state index is 0.424. The molecule has 0 N–H and O–H groups in total. The molecule has 1 aliphatic heterocycles. The highest BCUT2D eigenvalue weighted by atomic mass is 16.5. The lowest BCUT2D eigenvalue weighted by molar-refractivity contribution is 0.270. The maximum Gasteiger partial charge on any atom is 0.160 e. The normalized spacial score (nSPS) is 15.5. The van der Waals surface area contributed by atoms with Crippen molar-refractivity contribution >= 4 is 16.6 Å². The Bertz CT molecular complexity index is 2640. The number of rotatable bonds is 3. The average Bonchev–Trinajstić information content (AvgIpc) is 3.85. The molecular weight excluding hydrogens is 611 g/mol. The zero-order chi connectivity index (χ0) is 32.8. The number of hydrogen-bond acceptors (Lipinski definition) is 3. The van der Waals surface area contributed by atoms with E-state index in [2.05, 4.69) is 121 Å². The van der Waals surface area contributed by atoms with Gasteiger partial charge in [0.25, 0.3) is 0 Å². The molecule has 50 heavy (non-hydrogen) atoms. The molecule has 0 saturated heterocycles. The fraction of sp³-hybridized carbons (Fsp3) is 0.0435. The summed E-state index contributed by atoms with van der Waals surface area (Å²) in [5.74, 6) is 1.45. The summed E-state index contributed by atoms with van der Waals surface area (Å²) in [4.78, 5) is 10.3. The van der Waals surface area contributed by atoms with Crippen molar-refractivity contribution < 1.29 is 4.74 Å². The van der Waals surface area contributed by atoms with Gasteiger partial charge >= 0.3 is 0 Å². The second-order valence-electron chi connectivity index (χ2n) is 13.2. The van der Waals surface area contributed by atoms with Crippen molar-refractivity contribution in [1.29, 1.82) is 0 Å². The van der Waals surface area contributed by atoms with Gasteiger partial charge < -0.3 is 10.1 Å². The molecule has 0 fully saturated rings. The van der Waals surface area contributed by atoms with Crippen LogP contribution in [-0.4, -0.2) is 9.97 Å². The third-order valence-electron chi connectivity index (χ3n) is 10.7. The molecule has 0 radical (unpaired) electrons. The third-order valence-corrected chi connectivity index (χ3v) is 10.7. The zero-order valence-corrected chi connectivity index (χ0v) is 26.9. The molecule has 11 rings (SSSR count). The molecule has 1 unspecified atom stereocenters. The number of ether oxygens (including phenoxy) is 1. The highest BCUT2D eigenvalue weighted by Crippen LogP contribution is 2.67. The monoisotopic (exact) mass is 638 g/mol. The van der Waals surface area contributed by atoms with Crippen molar-refractivity contribution in [1.82, 2.24) is 9.97 Å². The molecule has 1 atom stereocenters. The van der Waals surface area contributed by atoms with Gasteiger partial charge in [-0.15, -0.1) is 0 Å². The molecule has 1 aromatic heterocycles. The Hall–Kier alpha value is -6.52. The molecular formula is C46H28N3O-. The number of hydrogen-bond donors (Lipinski definition) is 0. The summed E-state index contributed by atoms with van der Waals surface area (Å²) in [5, 5.41) is 6.43. The predicted molar refractivity (Wildman–Crippen MR) is 200 cm³/mol. The Morgan fingerprint density at radius 3 is 1.86 bits per heavy atom. The van der Waals surface area contributed by atoms with E-state index < -0.39 is 11.6 Å². The van der Waals surface area contributed by atoms with Crippen LogP contribution < -0.4 is 4.74 Å². The lowest BCUT2D eigenvalue weighted by Gasteiger charge is -2.31. The molecule has 4 heteroatoms. The Balaban J connectivity index is 1.08. The predicted octanol–water partition coefficient (Wildman–Crippen LogP) is 11.4. The summed E-state index contributed by atoms with van der Waals surface area (Å²) >= 11 is 0. The van der Waals surface area contributed by atoms with Crippen LogP contribution >= 0.6 is 0 Å². The summed E-state index contributed by atoms with van der Waals surface area (Å²) < 4.78 is 6.77. The van der Waals surface area contributed by atoms with E-state index >= 15 is 0 Å². The molecule has 234 valence electrons. The molecule has 7 aromatic carbocycles. The van der Waals surface area contributed by atoms with Crippen LogP contribution in [0.4, 0.5) is 5.69 Å². The SMILES string of the molecule is c1ccc(-c2nc(-c3ccccc3C3[N-]c4c(ccc5c4-c4ccccc4C54c5ccccc5-c5ccccc54)O3)nc3ccccc23)cc1. The first kappa shape index (κ1) is 27.4. The fourth-order valence-corrected chi connectivity index (χ4v) is 8.70. The van der Waals surface area contributed by atoms with Crippen LogP contribution in [0.2, 0.25) is 0 Å². The van der Waals surface area contributed by atoms with E-state index in [1.54, 1.807) is 0 Å². The van der Waals surface area contributed by atoms with Gasteiger partial charge in [-0.3, -0.25) is 0 Å². The van der Waals surface area contributed by atoms with E-state index in [-0.39, 0.29) is 0 Å². The quantitative estimate of drug-likeness (QED) is 0.193. The van der Waals surface area contributed by atoms with E-state index in [1.807, 2.05) is 42.5 Å². The van der Waals surface area contributed by atoms with Crippen molar-refractivity contribution in [3.8, 4) is 50.6 Å². The summed E-state index contributed by atoms with van der Waals surface area (Å²) in [7, 11) is 0. The van der Waals surface area contributed by atoms with Crippen molar-refractivity contribution in [2.24, 2.45) is 0 Å². The lowest BCUT2D eigenvalue weighted by atomic mass is 9.70. The number of nitrogens with zero attached hydrogens (tertiary/aromatic N) is 3. The van der Waals surface area contributed by atoms with Crippen LogP contribution in [-0.2, 0) is 5.41 Å². The van der Waals surface area contributed by atoms with Gasteiger partial charge in [-0.1, -0.05) is 157 Å². The molecule has 1 spiro atoms. The van der Waals surface area contributed by atoms with Gasteiger partial charge in [-0.2, -0.15) is 0 Å². The summed E-state index contributed by atoms with van der Waals surface area (Å²) in [6.45, 7) is 0. The van der Waals surface area contributed by atoms with E-state index in [1.165, 1.54) is 38.9 Å². The Morgan fingerprint density at radius 1 is 0.500 bits per heavy atom. The number of fused-ring (bicyclic) bond motifs is 13. The summed E-state index contributed by atoms with van der Waals surface area (Å²) in [6, 6.07) is 57.8. The average molecular weight is 639 g/mol. The maximum absolute atomic E-state index is 6.77. The van der Waals surface area contributed by atoms with Gasteiger partial charge in [-0.05, 0) is 62.2 Å². The van der Waals surface area contributed by atoms with Crippen LogP contribution in [0.15, 0.2) is 164 Å². The van der Waals surface area contributed by atoms with Crippen LogP contribution in [0.5, 0.6) is 5.75 Å². The van der Waals surface area contributed by atoms with Crippen LogP contribution in [0.3, 0.4) is 0 Å². The molecule has 0 amide bonds. The van der Waals surface area contributed by atoms with Crippen molar-refractivity contribution in [2.75, 3.05) is 0 Å². The van der Waals surface area contributed by atoms with E-state index in [0.717, 1.165) is 50.3 Å². The van der Waals surface area contributed by atoms with Crippen LogP contribution in [0, 0.1) is 0 Å². The van der Waals surface area contributed by atoms with E-state index in [4.69, 9.17) is 20.0 Å². The molecule has 2 aliphatic carbocycles. The van der Waals surface area contributed by atoms with E-state index in [0.29, 0.717) is 5.82 Å². The Labute approximate surface area is 289 Å². The van der Waals surface area contributed by atoms with Gasteiger partial charge in [-0.25, -0.2) is 9.97 Å². The van der Waals surface area contributed by atoms with Crippen molar-refractivity contribution in [2.45, 2.75) is 11.6 Å². The zero-order valence-electron chi connectivity index (χ0n) is 26.9. The van der Waals surface area contributed by atoms with Crippen LogP contribution in [0.1, 0.15) is 34.0 Å². The first-order valence-electron chi connectivity index (χ1n) is 17.1. The molecule has 0 bridgehead atoms. The number of benzene rings is 7. The van der Waals surface area contributed by atoms with Gasteiger partial charge in [0.15, 0.2) is 5.82 Å². The number of para-hydroxylation sites is 1. The number of aromatic nitrogens is 2. The standard InChI is InChI=1S/C46H28N3O/c1-2-14-28(15-3-1)42-34-21-9-13-25-39(34)47-44(48-42)31-18-4-5-19-32(31)45-49-43-40(50-45)27-26-38-41(43)33-20-8-12-24-37(33)46(38)35-22-10-6-16-29(35)30-17-7-11-23-36(30)46/h1-27,45H/q-1. The molecule has 8 aromatic rings. The highest BCUT2D eigenvalue weighted by molar-refractivity contribution is 6.01. The maximum atomic E-state index is 6.77. The van der Waals surface area contributed by atoms with E-state index in [9.17, 15) is 0 Å². The van der Waals surface area contributed by atoms with Gasteiger partial charge in [0.2, 0.25) is 0 Å². The Kier molecular flexibility index (Phi) is 5.62. The molecule has 3 aliphatic rings. The van der Waals surface area contributed by atoms with Crippen molar-refractivity contribution in [3.05, 3.63) is 197 Å². The second-order valence-corrected chi connectivity index (χ2v) is 13.2. The smallest absolute Gasteiger partial charge is 0.160 e. The minimum Gasteiger partial charge on any atom is -0.642 e. The fourth-order valence-electron chi connectivity index (χ4n) is 8.70. The highest BCUT2D eigenvalue weighted by Gasteiger charge is 2.52. The minimum atomic E-state index is -0.546. The van der Waals surface area contributed by atoms with Gasteiger partial charge in [0.1, 0.15) is 5.75 Å². The van der Waals surface area contributed by atoms with Gasteiger partial charge in [0.05, 0.1) is 22.9 Å². The van der Waals surface area contributed by atoms with Gasteiger partial charge in [0, 0.05) is 16.5 Å². The summed E-state index contributed by atoms with van der Waals surface area (Å²) in [5.41, 5.74) is 15.3. The Morgan fingerprint density at radius 2 is 1.10 bits per heavy atom. The summed E-state index contributed by atoms with van der Waals surface area (Å²) in [6.07, 6.45) is -0.546. The van der Waals surface area contributed by atoms with Crippen LogP contribution in [0.25, 0.3) is 61.1 Å². The topological polar surface area (TPSA) is 49.1 Å².